The fraction of sp³-hybridized carbons (Fsp3) is 0.0769. The highest BCUT2D eigenvalue weighted by atomic mass is 35.5. The minimum absolute atomic E-state index is 0.269. The Morgan fingerprint density at radius 2 is 1.74 bits per heavy atom. The molecule has 3 N–H and O–H groups in total. The van der Waals surface area contributed by atoms with Crippen molar-refractivity contribution < 1.29 is 4.39 Å². The van der Waals surface area contributed by atoms with Gasteiger partial charge in [-0.15, -0.1) is 0 Å². The molecule has 0 aliphatic heterocycles. The monoisotopic (exact) mass is 318 g/mol. The summed E-state index contributed by atoms with van der Waals surface area (Å²) in [6.07, 6.45) is 0. The van der Waals surface area contributed by atoms with Gasteiger partial charge in [0.05, 0.1) is 16.1 Å². The van der Waals surface area contributed by atoms with E-state index in [1.54, 1.807) is 24.3 Å². The zero-order valence-corrected chi connectivity index (χ0v) is 11.9. The second-order valence-corrected chi connectivity index (χ2v) is 5.13. The lowest BCUT2D eigenvalue weighted by atomic mass is 9.99. The minimum atomic E-state index is -0.608. The summed E-state index contributed by atoms with van der Waals surface area (Å²) in [5.74, 6) is 5.07. The van der Waals surface area contributed by atoms with Gasteiger partial charge in [-0.2, -0.15) is 0 Å². The van der Waals surface area contributed by atoms with Crippen LogP contribution in [0.1, 0.15) is 17.2 Å². The molecule has 1 unspecified atom stereocenters. The lowest BCUT2D eigenvalue weighted by molar-refractivity contribution is 0.560. The molecule has 2 nitrogen and oxygen atoms in total. The van der Waals surface area contributed by atoms with Crippen molar-refractivity contribution in [2.24, 2.45) is 5.84 Å². The first-order chi connectivity index (χ1) is 9.04. The zero-order valence-electron chi connectivity index (χ0n) is 9.63. The van der Waals surface area contributed by atoms with Crippen LogP contribution in [0.5, 0.6) is 0 Å². The molecule has 19 heavy (non-hydrogen) atoms. The van der Waals surface area contributed by atoms with Crippen LogP contribution in [0.15, 0.2) is 36.4 Å². The van der Waals surface area contributed by atoms with E-state index in [0.717, 1.165) is 0 Å². The van der Waals surface area contributed by atoms with Crippen LogP contribution >= 0.6 is 34.8 Å². The molecule has 1 atom stereocenters. The van der Waals surface area contributed by atoms with Crippen LogP contribution in [-0.2, 0) is 0 Å². The van der Waals surface area contributed by atoms with Crippen molar-refractivity contribution in [1.82, 2.24) is 5.43 Å². The van der Waals surface area contributed by atoms with Crippen LogP contribution in [0.4, 0.5) is 4.39 Å². The van der Waals surface area contributed by atoms with E-state index < -0.39 is 11.9 Å². The Morgan fingerprint density at radius 3 is 2.32 bits per heavy atom. The molecule has 100 valence electrons. The van der Waals surface area contributed by atoms with Crippen molar-refractivity contribution in [2.75, 3.05) is 0 Å². The lowest BCUT2D eigenvalue weighted by Crippen LogP contribution is -2.29. The number of nitrogens with two attached hydrogens (primary N) is 1. The Morgan fingerprint density at radius 1 is 1.00 bits per heavy atom. The number of nitrogens with one attached hydrogen (secondary N) is 1. The molecule has 0 aromatic heterocycles. The number of hydrazine groups is 1. The molecule has 2 rings (SSSR count). The third kappa shape index (κ3) is 3.02. The summed E-state index contributed by atoms with van der Waals surface area (Å²) in [5.41, 5.74) is 3.48. The molecule has 0 saturated carbocycles. The molecule has 0 aliphatic rings. The molecule has 2 aromatic carbocycles. The molecule has 0 aliphatic carbocycles. The van der Waals surface area contributed by atoms with E-state index in [1.165, 1.54) is 12.1 Å². The molecular formula is C13H10Cl3FN2. The van der Waals surface area contributed by atoms with Gasteiger partial charge in [-0.05, 0) is 29.8 Å². The van der Waals surface area contributed by atoms with Crippen LogP contribution in [0.3, 0.4) is 0 Å². The summed E-state index contributed by atoms with van der Waals surface area (Å²) >= 11 is 17.8. The van der Waals surface area contributed by atoms with Crippen molar-refractivity contribution in [2.45, 2.75) is 6.04 Å². The molecule has 0 bridgehead atoms. The van der Waals surface area contributed by atoms with Gasteiger partial charge in [0.2, 0.25) is 0 Å². The van der Waals surface area contributed by atoms with E-state index in [0.29, 0.717) is 15.6 Å². The first-order valence-electron chi connectivity index (χ1n) is 5.39. The molecule has 0 radical (unpaired) electrons. The Balaban J connectivity index is 2.53. The van der Waals surface area contributed by atoms with E-state index in [4.69, 9.17) is 40.6 Å². The normalized spacial score (nSPS) is 12.5. The molecule has 0 saturated heterocycles. The molecule has 0 heterocycles. The topological polar surface area (TPSA) is 38.0 Å². The molecule has 0 amide bonds. The third-order valence-corrected chi connectivity index (χ3v) is 3.80. The number of hydrogen-bond acceptors (Lipinski definition) is 2. The summed E-state index contributed by atoms with van der Waals surface area (Å²) in [7, 11) is 0. The second kappa shape index (κ2) is 6.07. The molecule has 6 heteroatoms. The van der Waals surface area contributed by atoms with Crippen LogP contribution in [0, 0.1) is 5.82 Å². The highest BCUT2D eigenvalue weighted by molar-refractivity contribution is 6.42. The van der Waals surface area contributed by atoms with Gasteiger partial charge in [0, 0.05) is 10.6 Å². The minimum Gasteiger partial charge on any atom is -0.271 e. The van der Waals surface area contributed by atoms with Crippen LogP contribution < -0.4 is 11.3 Å². The Hall–Kier alpha value is -0.840. The summed E-state index contributed by atoms with van der Waals surface area (Å²) < 4.78 is 13.9. The van der Waals surface area contributed by atoms with E-state index in [1.807, 2.05) is 0 Å². The maximum atomic E-state index is 13.9. The fourth-order valence-electron chi connectivity index (χ4n) is 1.82. The van der Waals surface area contributed by atoms with Gasteiger partial charge in [0.15, 0.2) is 0 Å². The van der Waals surface area contributed by atoms with Crippen molar-refractivity contribution in [3.05, 3.63) is 68.4 Å². The largest absolute Gasteiger partial charge is 0.271 e. The smallest absolute Gasteiger partial charge is 0.129 e. The van der Waals surface area contributed by atoms with Crippen molar-refractivity contribution in [1.29, 1.82) is 0 Å². The van der Waals surface area contributed by atoms with Crippen molar-refractivity contribution >= 4 is 34.8 Å². The van der Waals surface area contributed by atoms with Gasteiger partial charge >= 0.3 is 0 Å². The highest BCUT2D eigenvalue weighted by Gasteiger charge is 2.20. The second-order valence-electron chi connectivity index (χ2n) is 3.91. The molecule has 0 spiro atoms. The van der Waals surface area contributed by atoms with Crippen molar-refractivity contribution in [3.63, 3.8) is 0 Å². The predicted octanol–water partition coefficient (Wildman–Crippen LogP) is 4.34. The summed E-state index contributed by atoms with van der Waals surface area (Å²) in [4.78, 5) is 0. The fourth-order valence-corrected chi connectivity index (χ4v) is 2.40. The van der Waals surface area contributed by atoms with Gasteiger partial charge in [0.25, 0.3) is 0 Å². The summed E-state index contributed by atoms with van der Waals surface area (Å²) in [5, 5.41) is 1.07. The van der Waals surface area contributed by atoms with Crippen LogP contribution in [-0.4, -0.2) is 0 Å². The molecular weight excluding hydrogens is 310 g/mol. The van der Waals surface area contributed by atoms with Gasteiger partial charge in [-0.1, -0.05) is 46.9 Å². The lowest BCUT2D eigenvalue weighted by Gasteiger charge is -2.19. The highest BCUT2D eigenvalue weighted by Crippen LogP contribution is 2.33. The first-order valence-corrected chi connectivity index (χ1v) is 6.53. The average molecular weight is 320 g/mol. The van der Waals surface area contributed by atoms with Gasteiger partial charge in [-0.25, -0.2) is 9.82 Å². The number of hydrogen-bond donors (Lipinski definition) is 2. The summed E-state index contributed by atoms with van der Waals surface area (Å²) in [6.45, 7) is 0. The molecule has 2 aromatic rings. The molecule has 0 fully saturated rings. The van der Waals surface area contributed by atoms with Gasteiger partial charge < -0.3 is 0 Å². The van der Waals surface area contributed by atoms with Crippen LogP contribution in [0.2, 0.25) is 15.1 Å². The van der Waals surface area contributed by atoms with E-state index in [-0.39, 0.29) is 10.6 Å². The predicted molar refractivity (Wildman–Crippen MR) is 77.0 cm³/mol. The average Bonchev–Trinajstić information content (AvgIpc) is 2.37. The number of rotatable bonds is 3. The number of benzene rings is 2. The Kier molecular flexibility index (Phi) is 4.66. The van der Waals surface area contributed by atoms with E-state index in [9.17, 15) is 4.39 Å². The Bertz CT molecular complexity index is 584. The first kappa shape index (κ1) is 14.6. The van der Waals surface area contributed by atoms with Crippen molar-refractivity contribution in [3.8, 4) is 0 Å². The quantitative estimate of drug-likeness (QED) is 0.652. The number of halogens is 4. The SMILES string of the molecule is NNC(c1ccc(Cl)c(Cl)c1)c1c(F)cccc1Cl. The van der Waals surface area contributed by atoms with Gasteiger partial charge in [-0.3, -0.25) is 5.84 Å². The standard InChI is InChI=1S/C13H10Cl3FN2/c14-8-5-4-7(6-10(8)16)13(19-18)12-9(15)2-1-3-11(12)17/h1-6,13,19H,18H2. The van der Waals surface area contributed by atoms with Gasteiger partial charge in [0.1, 0.15) is 5.82 Å². The zero-order chi connectivity index (χ0) is 14.0. The van der Waals surface area contributed by atoms with E-state index >= 15 is 0 Å². The van der Waals surface area contributed by atoms with Crippen LogP contribution in [0.25, 0.3) is 0 Å². The maximum absolute atomic E-state index is 13.9. The summed E-state index contributed by atoms with van der Waals surface area (Å²) in [6, 6.07) is 8.80. The van der Waals surface area contributed by atoms with E-state index in [2.05, 4.69) is 5.43 Å². The Labute approximate surface area is 125 Å². The third-order valence-electron chi connectivity index (χ3n) is 2.73. The maximum Gasteiger partial charge on any atom is 0.129 e.